The van der Waals surface area contributed by atoms with Crippen molar-refractivity contribution >= 4 is 23.5 Å². The summed E-state index contributed by atoms with van der Waals surface area (Å²) < 4.78 is 0. The van der Waals surface area contributed by atoms with Gasteiger partial charge in [0.1, 0.15) is 0 Å². The number of rotatable bonds is 4. The molecule has 1 rings (SSSR count). The first-order valence-corrected chi connectivity index (χ1v) is 4.75. The molecule has 0 unspecified atom stereocenters. The highest BCUT2D eigenvalue weighted by atomic mass is 35.5. The van der Waals surface area contributed by atoms with Gasteiger partial charge in [0.2, 0.25) is 0 Å². The van der Waals surface area contributed by atoms with Crippen LogP contribution >= 0.6 is 11.6 Å². The van der Waals surface area contributed by atoms with Crippen LogP contribution in [0.15, 0.2) is 18.2 Å². The fraction of sp³-hybridized carbons (Fsp3) is 0.200. The van der Waals surface area contributed by atoms with Crippen LogP contribution < -0.4 is 0 Å². The fourth-order valence-electron chi connectivity index (χ4n) is 1.24. The van der Waals surface area contributed by atoms with Crippen LogP contribution in [0.2, 0.25) is 0 Å². The average Bonchev–Trinajstić information content (AvgIpc) is 2.17. The second kappa shape index (κ2) is 4.79. The van der Waals surface area contributed by atoms with Crippen molar-refractivity contribution in [1.29, 1.82) is 0 Å². The average molecular weight is 229 g/mol. The predicted octanol–water partition coefficient (Wildman–Crippen LogP) is 1.86. The molecule has 0 aliphatic heterocycles. The molecule has 15 heavy (non-hydrogen) atoms. The monoisotopic (exact) mass is 228 g/mol. The van der Waals surface area contributed by atoms with Crippen LogP contribution in [0.3, 0.4) is 0 Å². The fourth-order valence-corrected chi connectivity index (χ4v) is 1.45. The van der Waals surface area contributed by atoms with Gasteiger partial charge in [-0.1, -0.05) is 0 Å². The van der Waals surface area contributed by atoms with Gasteiger partial charge in [-0.05, 0) is 30.2 Å². The molecule has 0 fully saturated rings. The smallest absolute Gasteiger partial charge is 0.335 e. The summed E-state index contributed by atoms with van der Waals surface area (Å²) in [6.45, 7) is 0. The van der Waals surface area contributed by atoms with Crippen LogP contribution in [0, 0.1) is 0 Å². The summed E-state index contributed by atoms with van der Waals surface area (Å²) in [6.07, 6.45) is 0.338. The lowest BCUT2D eigenvalue weighted by atomic mass is 10.0. The molecule has 0 aromatic heterocycles. The first-order valence-electron chi connectivity index (χ1n) is 4.21. The molecule has 0 saturated carbocycles. The molecule has 0 spiro atoms. The van der Waals surface area contributed by atoms with Gasteiger partial charge >= 0.3 is 11.9 Å². The van der Waals surface area contributed by atoms with Gasteiger partial charge < -0.3 is 10.2 Å². The Morgan fingerprint density at radius 2 is 1.87 bits per heavy atom. The summed E-state index contributed by atoms with van der Waals surface area (Å²) >= 11 is 5.50. The lowest BCUT2D eigenvalue weighted by Gasteiger charge is -2.05. The van der Waals surface area contributed by atoms with Crippen molar-refractivity contribution < 1.29 is 19.8 Å². The summed E-state index contributed by atoms with van der Waals surface area (Å²) in [7, 11) is 0. The molecule has 4 nitrogen and oxygen atoms in total. The third-order valence-corrected chi connectivity index (χ3v) is 2.14. The Labute approximate surface area is 91.1 Å². The number of benzene rings is 1. The SMILES string of the molecule is O=C(O)c1ccc(C(=O)O)c(CCCl)c1. The van der Waals surface area contributed by atoms with Crippen LogP contribution in [-0.4, -0.2) is 28.0 Å². The molecule has 0 amide bonds. The Morgan fingerprint density at radius 3 is 2.33 bits per heavy atom. The van der Waals surface area contributed by atoms with E-state index in [9.17, 15) is 9.59 Å². The van der Waals surface area contributed by atoms with Crippen molar-refractivity contribution in [3.63, 3.8) is 0 Å². The molecule has 5 heteroatoms. The summed E-state index contributed by atoms with van der Waals surface area (Å²) in [4.78, 5) is 21.4. The van der Waals surface area contributed by atoms with E-state index in [1.807, 2.05) is 0 Å². The van der Waals surface area contributed by atoms with Gasteiger partial charge in [0, 0.05) is 5.88 Å². The maximum atomic E-state index is 10.8. The number of alkyl halides is 1. The molecule has 1 aromatic rings. The van der Waals surface area contributed by atoms with Crippen LogP contribution in [-0.2, 0) is 6.42 Å². The van der Waals surface area contributed by atoms with E-state index in [0.717, 1.165) is 0 Å². The number of aryl methyl sites for hydroxylation is 1. The summed E-state index contributed by atoms with van der Waals surface area (Å²) in [5.41, 5.74) is 0.609. The Morgan fingerprint density at radius 1 is 1.20 bits per heavy atom. The van der Waals surface area contributed by atoms with Gasteiger partial charge in [-0.2, -0.15) is 0 Å². The second-order valence-corrected chi connectivity index (χ2v) is 3.30. The molecule has 80 valence electrons. The quantitative estimate of drug-likeness (QED) is 0.772. The van der Waals surface area contributed by atoms with Crippen LogP contribution in [0.4, 0.5) is 0 Å². The number of aromatic carboxylic acids is 2. The Hall–Kier alpha value is -1.55. The molecular weight excluding hydrogens is 220 g/mol. The minimum absolute atomic E-state index is 0.0696. The van der Waals surface area contributed by atoms with Crippen molar-refractivity contribution in [1.82, 2.24) is 0 Å². The van der Waals surface area contributed by atoms with Crippen molar-refractivity contribution in [2.75, 3.05) is 5.88 Å². The van der Waals surface area contributed by atoms with E-state index in [0.29, 0.717) is 12.0 Å². The lowest BCUT2D eigenvalue weighted by molar-refractivity contribution is 0.0680. The maximum Gasteiger partial charge on any atom is 0.335 e. The Bertz CT molecular complexity index is 400. The van der Waals surface area contributed by atoms with E-state index in [1.165, 1.54) is 18.2 Å². The highest BCUT2D eigenvalue weighted by Crippen LogP contribution is 2.14. The summed E-state index contributed by atoms with van der Waals surface area (Å²) in [5, 5.41) is 17.6. The zero-order chi connectivity index (χ0) is 11.4. The highest BCUT2D eigenvalue weighted by Gasteiger charge is 2.12. The normalized spacial score (nSPS) is 9.93. The topological polar surface area (TPSA) is 74.6 Å². The first kappa shape index (κ1) is 11.5. The van der Waals surface area contributed by atoms with Gasteiger partial charge in [-0.15, -0.1) is 11.6 Å². The van der Waals surface area contributed by atoms with E-state index in [4.69, 9.17) is 21.8 Å². The molecular formula is C10H9ClO4. The summed E-state index contributed by atoms with van der Waals surface area (Å²) in [5.74, 6) is -1.90. The number of carboxylic acid groups (broad SMARTS) is 2. The first-order chi connectivity index (χ1) is 7.06. The number of hydrogen-bond donors (Lipinski definition) is 2. The number of halogens is 1. The third-order valence-electron chi connectivity index (χ3n) is 1.95. The van der Waals surface area contributed by atoms with Gasteiger partial charge in [-0.25, -0.2) is 9.59 Å². The van der Waals surface area contributed by atoms with Crippen LogP contribution in [0.25, 0.3) is 0 Å². The minimum atomic E-state index is -1.08. The van der Waals surface area contributed by atoms with Crippen LogP contribution in [0.5, 0.6) is 0 Å². The largest absolute Gasteiger partial charge is 0.478 e. The van der Waals surface area contributed by atoms with Crippen LogP contribution in [0.1, 0.15) is 26.3 Å². The molecule has 0 aliphatic rings. The summed E-state index contributed by atoms with van der Waals surface area (Å²) in [6, 6.07) is 3.89. The van der Waals surface area contributed by atoms with Gasteiger partial charge in [0.25, 0.3) is 0 Å². The third kappa shape index (κ3) is 2.70. The van der Waals surface area contributed by atoms with Gasteiger partial charge in [-0.3, -0.25) is 0 Å². The zero-order valence-corrected chi connectivity index (χ0v) is 8.49. The highest BCUT2D eigenvalue weighted by molar-refractivity contribution is 6.18. The number of carbonyl (C=O) groups is 2. The lowest BCUT2D eigenvalue weighted by Crippen LogP contribution is -2.06. The molecule has 2 N–H and O–H groups in total. The van der Waals surface area contributed by atoms with E-state index >= 15 is 0 Å². The minimum Gasteiger partial charge on any atom is -0.478 e. The molecule has 0 aliphatic carbocycles. The van der Waals surface area contributed by atoms with Crippen molar-refractivity contribution in [3.8, 4) is 0 Å². The van der Waals surface area contributed by atoms with E-state index in [-0.39, 0.29) is 17.0 Å². The van der Waals surface area contributed by atoms with Gasteiger partial charge in [0.15, 0.2) is 0 Å². The van der Waals surface area contributed by atoms with Gasteiger partial charge in [0.05, 0.1) is 11.1 Å². The Balaban J connectivity index is 3.20. The predicted molar refractivity (Wildman–Crippen MR) is 54.8 cm³/mol. The molecule has 0 heterocycles. The van der Waals surface area contributed by atoms with E-state index in [2.05, 4.69) is 0 Å². The van der Waals surface area contributed by atoms with E-state index < -0.39 is 11.9 Å². The maximum absolute atomic E-state index is 10.8. The Kier molecular flexibility index (Phi) is 3.68. The molecule has 0 radical (unpaired) electrons. The van der Waals surface area contributed by atoms with Crippen molar-refractivity contribution in [3.05, 3.63) is 34.9 Å². The second-order valence-electron chi connectivity index (χ2n) is 2.92. The molecule has 0 atom stereocenters. The molecule has 1 aromatic carbocycles. The van der Waals surface area contributed by atoms with Crippen molar-refractivity contribution in [2.45, 2.75) is 6.42 Å². The zero-order valence-electron chi connectivity index (χ0n) is 7.74. The number of hydrogen-bond acceptors (Lipinski definition) is 2. The van der Waals surface area contributed by atoms with E-state index in [1.54, 1.807) is 0 Å². The molecule has 0 bridgehead atoms. The van der Waals surface area contributed by atoms with Crippen molar-refractivity contribution in [2.24, 2.45) is 0 Å². The molecule has 0 saturated heterocycles. The standard InChI is InChI=1S/C10H9ClO4/c11-4-3-6-5-7(9(12)13)1-2-8(6)10(14)15/h1-2,5H,3-4H2,(H,12,13)(H,14,15). The number of carboxylic acids is 2.